The van der Waals surface area contributed by atoms with Gasteiger partial charge in [-0.15, -0.1) is 11.3 Å². The summed E-state index contributed by atoms with van der Waals surface area (Å²) >= 11 is 1.17. The lowest BCUT2D eigenvalue weighted by atomic mass is 10.4. The number of hydrazine groups is 1. The molecule has 0 saturated heterocycles. The Morgan fingerprint density at radius 1 is 1.46 bits per heavy atom. The molecular weight excluding hydrogens is 190 g/mol. The van der Waals surface area contributed by atoms with Crippen LogP contribution in [0.25, 0.3) is 0 Å². The number of hydrogen-bond donors (Lipinski definition) is 3. The minimum absolute atomic E-state index is 0.165. The van der Waals surface area contributed by atoms with E-state index in [2.05, 4.69) is 5.32 Å². The summed E-state index contributed by atoms with van der Waals surface area (Å²) in [7, 11) is 0. The Hall–Kier alpha value is -1.40. The van der Waals surface area contributed by atoms with Crippen LogP contribution in [-0.4, -0.2) is 11.8 Å². The van der Waals surface area contributed by atoms with E-state index in [9.17, 15) is 9.59 Å². The highest BCUT2D eigenvalue weighted by Gasteiger charge is 2.07. The van der Waals surface area contributed by atoms with Gasteiger partial charge in [0.15, 0.2) is 0 Å². The van der Waals surface area contributed by atoms with Crippen LogP contribution in [0.4, 0.5) is 5.00 Å². The van der Waals surface area contributed by atoms with Gasteiger partial charge in [0.2, 0.25) is 5.91 Å². The van der Waals surface area contributed by atoms with E-state index >= 15 is 0 Å². The lowest BCUT2D eigenvalue weighted by Crippen LogP contribution is -2.29. The van der Waals surface area contributed by atoms with Crippen molar-refractivity contribution in [3.8, 4) is 0 Å². The van der Waals surface area contributed by atoms with Crippen molar-refractivity contribution in [2.24, 2.45) is 5.84 Å². The summed E-state index contributed by atoms with van der Waals surface area (Å²) < 4.78 is 0. The van der Waals surface area contributed by atoms with Gasteiger partial charge >= 0.3 is 0 Å². The van der Waals surface area contributed by atoms with Crippen molar-refractivity contribution in [1.82, 2.24) is 5.43 Å². The lowest BCUT2D eigenvalue weighted by Gasteiger charge is -1.95. The molecule has 6 heteroatoms. The fourth-order valence-electron chi connectivity index (χ4n) is 0.772. The van der Waals surface area contributed by atoms with Gasteiger partial charge < -0.3 is 5.32 Å². The molecule has 5 nitrogen and oxygen atoms in total. The molecule has 0 aliphatic heterocycles. The number of thiophene rings is 1. The molecule has 0 radical (unpaired) electrons. The standard InChI is InChI=1S/C7H9N3O2S/c1-4(11)9-6-3-2-5(13-6)7(12)10-8/h2-3H,8H2,1H3,(H,9,11)(H,10,12). The maximum Gasteiger partial charge on any atom is 0.275 e. The largest absolute Gasteiger partial charge is 0.318 e. The van der Waals surface area contributed by atoms with Crippen LogP contribution in [0.3, 0.4) is 0 Å². The number of nitrogens with two attached hydrogens (primary N) is 1. The fraction of sp³-hybridized carbons (Fsp3) is 0.143. The molecule has 2 amide bonds. The Balaban J connectivity index is 2.74. The van der Waals surface area contributed by atoms with Crippen LogP contribution in [0.1, 0.15) is 16.6 Å². The Morgan fingerprint density at radius 3 is 2.69 bits per heavy atom. The fourth-order valence-corrected chi connectivity index (χ4v) is 1.63. The number of nitrogen functional groups attached to an aromatic ring is 1. The van der Waals surface area contributed by atoms with E-state index in [0.29, 0.717) is 9.88 Å². The second-order valence-corrected chi connectivity index (χ2v) is 3.40. The summed E-state index contributed by atoms with van der Waals surface area (Å²) in [5.41, 5.74) is 2.01. The van der Waals surface area contributed by atoms with Crippen LogP contribution in [0.2, 0.25) is 0 Å². The van der Waals surface area contributed by atoms with Gasteiger partial charge in [0, 0.05) is 6.92 Å². The van der Waals surface area contributed by atoms with Gasteiger partial charge in [-0.05, 0) is 12.1 Å². The SMILES string of the molecule is CC(=O)Nc1ccc(C(=O)NN)s1. The Labute approximate surface area is 78.9 Å². The molecule has 4 N–H and O–H groups in total. The topological polar surface area (TPSA) is 84.2 Å². The Bertz CT molecular complexity index is 334. The van der Waals surface area contributed by atoms with Crippen LogP contribution >= 0.6 is 11.3 Å². The number of rotatable bonds is 2. The van der Waals surface area contributed by atoms with Gasteiger partial charge in [0.25, 0.3) is 5.91 Å². The molecule has 0 spiro atoms. The van der Waals surface area contributed by atoms with Crippen molar-refractivity contribution in [2.45, 2.75) is 6.92 Å². The number of amides is 2. The summed E-state index contributed by atoms with van der Waals surface area (Å²) in [4.78, 5) is 22.1. The van der Waals surface area contributed by atoms with E-state index < -0.39 is 0 Å². The third kappa shape index (κ3) is 2.53. The molecule has 0 aromatic carbocycles. The highest BCUT2D eigenvalue weighted by atomic mass is 32.1. The zero-order chi connectivity index (χ0) is 9.84. The third-order valence-electron chi connectivity index (χ3n) is 1.26. The summed E-state index contributed by atoms with van der Waals surface area (Å²) in [6.07, 6.45) is 0. The molecule has 0 fully saturated rings. The highest BCUT2D eigenvalue weighted by Crippen LogP contribution is 2.21. The summed E-state index contributed by atoms with van der Waals surface area (Å²) in [5, 5.41) is 3.19. The number of hydrogen-bond acceptors (Lipinski definition) is 4. The van der Waals surface area contributed by atoms with Crippen molar-refractivity contribution in [2.75, 3.05) is 5.32 Å². The van der Waals surface area contributed by atoms with Gasteiger partial charge in [-0.2, -0.15) is 0 Å². The smallest absolute Gasteiger partial charge is 0.275 e. The predicted octanol–water partition coefficient (Wildman–Crippen LogP) is 0.310. The first-order chi connectivity index (χ1) is 6.13. The van der Waals surface area contributed by atoms with Gasteiger partial charge in [-0.25, -0.2) is 5.84 Å². The zero-order valence-corrected chi connectivity index (χ0v) is 7.77. The molecule has 0 saturated carbocycles. The molecule has 0 aliphatic rings. The zero-order valence-electron chi connectivity index (χ0n) is 6.96. The average molecular weight is 199 g/mol. The normalized spacial score (nSPS) is 9.38. The molecule has 0 atom stereocenters. The van der Waals surface area contributed by atoms with E-state index in [-0.39, 0.29) is 11.8 Å². The first-order valence-corrected chi connectivity index (χ1v) is 4.33. The molecule has 1 rings (SSSR count). The van der Waals surface area contributed by atoms with Gasteiger partial charge in [0.1, 0.15) is 0 Å². The predicted molar refractivity (Wildman–Crippen MR) is 50.3 cm³/mol. The summed E-state index contributed by atoms with van der Waals surface area (Å²) in [5.74, 6) is 4.41. The third-order valence-corrected chi connectivity index (χ3v) is 2.26. The molecule has 1 aromatic rings. The van der Waals surface area contributed by atoms with Crippen LogP contribution < -0.4 is 16.6 Å². The van der Waals surface area contributed by atoms with Crippen molar-refractivity contribution in [3.05, 3.63) is 17.0 Å². The van der Waals surface area contributed by atoms with Crippen LogP contribution in [-0.2, 0) is 4.79 Å². The monoisotopic (exact) mass is 199 g/mol. The van der Waals surface area contributed by atoms with Gasteiger partial charge in [-0.1, -0.05) is 0 Å². The maximum absolute atomic E-state index is 11.0. The van der Waals surface area contributed by atoms with Crippen molar-refractivity contribution in [1.29, 1.82) is 0 Å². The van der Waals surface area contributed by atoms with Crippen LogP contribution in [0.5, 0.6) is 0 Å². The average Bonchev–Trinajstić information content (AvgIpc) is 2.50. The van der Waals surface area contributed by atoms with E-state index in [1.807, 2.05) is 5.43 Å². The highest BCUT2D eigenvalue weighted by molar-refractivity contribution is 7.18. The molecular formula is C7H9N3O2S. The molecule has 0 aliphatic carbocycles. The first-order valence-electron chi connectivity index (χ1n) is 3.52. The van der Waals surface area contributed by atoms with E-state index in [0.717, 1.165) is 0 Å². The minimum atomic E-state index is -0.360. The van der Waals surface area contributed by atoms with Crippen LogP contribution in [0, 0.1) is 0 Å². The number of carbonyl (C=O) groups is 2. The van der Waals surface area contributed by atoms with E-state index in [1.54, 1.807) is 12.1 Å². The van der Waals surface area contributed by atoms with E-state index in [4.69, 9.17) is 5.84 Å². The number of carbonyl (C=O) groups excluding carboxylic acids is 2. The summed E-state index contributed by atoms with van der Waals surface area (Å²) in [6.45, 7) is 1.41. The van der Waals surface area contributed by atoms with Crippen LogP contribution in [0.15, 0.2) is 12.1 Å². The number of anilines is 1. The maximum atomic E-state index is 11.0. The molecule has 0 unspecified atom stereocenters. The first kappa shape index (κ1) is 9.69. The quantitative estimate of drug-likeness (QED) is 0.364. The lowest BCUT2D eigenvalue weighted by molar-refractivity contribution is -0.114. The Kier molecular flexibility index (Phi) is 2.99. The molecule has 1 heterocycles. The van der Waals surface area contributed by atoms with Gasteiger partial charge in [-0.3, -0.25) is 15.0 Å². The number of nitrogens with one attached hydrogen (secondary N) is 2. The minimum Gasteiger partial charge on any atom is -0.318 e. The van der Waals surface area contributed by atoms with Gasteiger partial charge in [0.05, 0.1) is 9.88 Å². The van der Waals surface area contributed by atoms with Crippen molar-refractivity contribution < 1.29 is 9.59 Å². The molecule has 1 aromatic heterocycles. The molecule has 0 bridgehead atoms. The van der Waals surface area contributed by atoms with Crippen molar-refractivity contribution >= 4 is 28.2 Å². The Morgan fingerprint density at radius 2 is 2.15 bits per heavy atom. The second-order valence-electron chi connectivity index (χ2n) is 2.32. The molecule has 70 valence electrons. The van der Waals surface area contributed by atoms with Crippen molar-refractivity contribution in [3.63, 3.8) is 0 Å². The summed E-state index contributed by atoms with van der Waals surface area (Å²) in [6, 6.07) is 3.24. The molecule has 13 heavy (non-hydrogen) atoms. The van der Waals surface area contributed by atoms with E-state index in [1.165, 1.54) is 18.3 Å². The second kappa shape index (κ2) is 4.01.